The number of hydrogen-bond donors (Lipinski definition) is 2. The summed E-state index contributed by atoms with van der Waals surface area (Å²) in [5, 5.41) is 2.62. The second-order valence-corrected chi connectivity index (χ2v) is 3.51. The van der Waals surface area contributed by atoms with E-state index in [-0.39, 0.29) is 10.7 Å². The first kappa shape index (κ1) is 11.3. The number of amides is 1. The summed E-state index contributed by atoms with van der Waals surface area (Å²) in [5.74, 6) is -0.105. The van der Waals surface area contributed by atoms with Gasteiger partial charge in [0.1, 0.15) is 5.15 Å². The molecule has 2 heterocycles. The van der Waals surface area contributed by atoms with Gasteiger partial charge in [0.25, 0.3) is 5.91 Å². The average Bonchev–Trinajstić information content (AvgIpc) is 2.33. The standard InChI is InChI=1S/C10H8ClN5O/c11-9-7(3-6(12)4-15-9)10(17)16-8-5-13-1-2-14-8/h1-5H,12H2,(H,14,16,17). The number of nitrogens with two attached hydrogens (primary N) is 1. The van der Waals surface area contributed by atoms with E-state index < -0.39 is 5.91 Å². The third-order valence-electron chi connectivity index (χ3n) is 1.91. The molecule has 2 aromatic heterocycles. The predicted octanol–water partition coefficient (Wildman–Crippen LogP) is 1.36. The number of hydrogen-bond acceptors (Lipinski definition) is 5. The number of anilines is 2. The third kappa shape index (κ3) is 2.67. The van der Waals surface area contributed by atoms with Crippen LogP contribution in [0.4, 0.5) is 11.5 Å². The van der Waals surface area contributed by atoms with Gasteiger partial charge in [-0.05, 0) is 6.07 Å². The zero-order valence-electron chi connectivity index (χ0n) is 8.59. The maximum absolute atomic E-state index is 11.8. The van der Waals surface area contributed by atoms with Crippen molar-refractivity contribution in [2.45, 2.75) is 0 Å². The number of halogens is 1. The number of nitrogens with one attached hydrogen (secondary N) is 1. The average molecular weight is 250 g/mol. The minimum absolute atomic E-state index is 0.0839. The van der Waals surface area contributed by atoms with E-state index in [1.165, 1.54) is 30.9 Å². The van der Waals surface area contributed by atoms with E-state index in [4.69, 9.17) is 17.3 Å². The molecule has 0 spiro atoms. The Hall–Kier alpha value is -2.21. The molecule has 6 nitrogen and oxygen atoms in total. The summed E-state index contributed by atoms with van der Waals surface area (Å²) in [7, 11) is 0. The second-order valence-electron chi connectivity index (χ2n) is 3.15. The molecule has 0 saturated carbocycles. The van der Waals surface area contributed by atoms with Crippen molar-refractivity contribution in [2.75, 3.05) is 11.1 Å². The Morgan fingerprint density at radius 3 is 2.82 bits per heavy atom. The highest BCUT2D eigenvalue weighted by Crippen LogP contribution is 2.16. The van der Waals surface area contributed by atoms with Crippen LogP contribution >= 0.6 is 11.6 Å². The van der Waals surface area contributed by atoms with Gasteiger partial charge in [-0.25, -0.2) is 9.97 Å². The minimum Gasteiger partial charge on any atom is -0.397 e. The summed E-state index contributed by atoms with van der Waals surface area (Å²) in [4.78, 5) is 23.3. The number of pyridine rings is 1. The molecule has 0 saturated heterocycles. The van der Waals surface area contributed by atoms with Gasteiger partial charge >= 0.3 is 0 Å². The van der Waals surface area contributed by atoms with Crippen LogP contribution in [0.25, 0.3) is 0 Å². The molecule has 0 aromatic carbocycles. The molecule has 3 N–H and O–H groups in total. The van der Waals surface area contributed by atoms with E-state index in [1.54, 1.807) is 0 Å². The fourth-order valence-corrected chi connectivity index (χ4v) is 1.36. The molecule has 1 amide bonds. The van der Waals surface area contributed by atoms with Gasteiger partial charge in [0, 0.05) is 12.4 Å². The zero-order valence-corrected chi connectivity index (χ0v) is 9.35. The van der Waals surface area contributed by atoms with Gasteiger partial charge in [0.15, 0.2) is 5.82 Å². The predicted molar refractivity (Wildman–Crippen MR) is 63.6 cm³/mol. The minimum atomic E-state index is -0.435. The lowest BCUT2D eigenvalue weighted by Crippen LogP contribution is -2.14. The number of rotatable bonds is 2. The van der Waals surface area contributed by atoms with Gasteiger partial charge in [-0.2, -0.15) is 0 Å². The van der Waals surface area contributed by atoms with E-state index in [1.807, 2.05) is 0 Å². The smallest absolute Gasteiger partial charge is 0.260 e. The van der Waals surface area contributed by atoms with Crippen LogP contribution in [0.5, 0.6) is 0 Å². The first-order valence-electron chi connectivity index (χ1n) is 4.65. The van der Waals surface area contributed by atoms with Crippen molar-refractivity contribution < 1.29 is 4.79 Å². The van der Waals surface area contributed by atoms with Gasteiger partial charge in [0.05, 0.1) is 23.6 Å². The fraction of sp³-hybridized carbons (Fsp3) is 0. The Morgan fingerprint density at radius 2 is 2.12 bits per heavy atom. The summed E-state index contributed by atoms with van der Waals surface area (Å²) in [5.41, 5.74) is 6.08. The van der Waals surface area contributed by atoms with E-state index in [2.05, 4.69) is 20.3 Å². The SMILES string of the molecule is Nc1cnc(Cl)c(C(=O)Nc2cnccn2)c1. The summed E-state index contributed by atoms with van der Waals surface area (Å²) in [6.07, 6.45) is 5.77. The number of carbonyl (C=O) groups is 1. The van der Waals surface area contributed by atoms with Gasteiger partial charge in [-0.15, -0.1) is 0 Å². The normalized spacial score (nSPS) is 9.94. The number of aromatic nitrogens is 3. The molecule has 0 fully saturated rings. The molecule has 17 heavy (non-hydrogen) atoms. The second kappa shape index (κ2) is 4.75. The van der Waals surface area contributed by atoms with Gasteiger partial charge in [-0.1, -0.05) is 11.6 Å². The zero-order chi connectivity index (χ0) is 12.3. The Bertz CT molecular complexity index is 546. The number of nitrogens with zero attached hydrogens (tertiary/aromatic N) is 3. The summed E-state index contributed by atoms with van der Waals surface area (Å²) in [6, 6.07) is 1.45. The fourth-order valence-electron chi connectivity index (χ4n) is 1.17. The Kier molecular flexibility index (Phi) is 3.15. The van der Waals surface area contributed by atoms with Crippen LogP contribution in [0.2, 0.25) is 5.15 Å². The lowest BCUT2D eigenvalue weighted by Gasteiger charge is -2.05. The van der Waals surface area contributed by atoms with Crippen LogP contribution in [-0.4, -0.2) is 20.9 Å². The monoisotopic (exact) mass is 249 g/mol. The van der Waals surface area contributed by atoms with E-state index >= 15 is 0 Å². The molecular weight excluding hydrogens is 242 g/mol. The van der Waals surface area contributed by atoms with Crippen molar-refractivity contribution in [2.24, 2.45) is 0 Å². The first-order chi connectivity index (χ1) is 8.16. The molecule has 0 aliphatic rings. The topological polar surface area (TPSA) is 93.8 Å². The van der Waals surface area contributed by atoms with Gasteiger partial charge in [-0.3, -0.25) is 9.78 Å². The van der Waals surface area contributed by atoms with Crippen LogP contribution in [0, 0.1) is 0 Å². The highest BCUT2D eigenvalue weighted by Gasteiger charge is 2.12. The van der Waals surface area contributed by atoms with Gasteiger partial charge in [0.2, 0.25) is 0 Å². The van der Waals surface area contributed by atoms with E-state index in [0.717, 1.165) is 0 Å². The van der Waals surface area contributed by atoms with Crippen LogP contribution in [0.15, 0.2) is 30.9 Å². The molecule has 0 aliphatic carbocycles. The Morgan fingerprint density at radius 1 is 1.29 bits per heavy atom. The molecule has 0 unspecified atom stereocenters. The molecular formula is C10H8ClN5O. The molecule has 0 bridgehead atoms. The third-order valence-corrected chi connectivity index (χ3v) is 2.21. The maximum Gasteiger partial charge on any atom is 0.260 e. The quantitative estimate of drug-likeness (QED) is 0.784. The van der Waals surface area contributed by atoms with Crippen molar-refractivity contribution in [1.82, 2.24) is 15.0 Å². The first-order valence-corrected chi connectivity index (χ1v) is 5.03. The Labute approximate surface area is 102 Å². The Balaban J connectivity index is 2.23. The van der Waals surface area contributed by atoms with Crippen molar-refractivity contribution in [1.29, 1.82) is 0 Å². The molecule has 0 atom stereocenters. The molecule has 2 rings (SSSR count). The lowest BCUT2D eigenvalue weighted by atomic mass is 10.2. The van der Waals surface area contributed by atoms with Gasteiger partial charge < -0.3 is 11.1 Å². The largest absolute Gasteiger partial charge is 0.397 e. The molecule has 0 aliphatic heterocycles. The van der Waals surface area contributed by atoms with Crippen molar-refractivity contribution in [3.05, 3.63) is 41.6 Å². The highest BCUT2D eigenvalue weighted by atomic mass is 35.5. The van der Waals surface area contributed by atoms with Crippen LogP contribution in [0.3, 0.4) is 0 Å². The molecule has 86 valence electrons. The van der Waals surface area contributed by atoms with Crippen molar-refractivity contribution in [3.8, 4) is 0 Å². The van der Waals surface area contributed by atoms with Crippen LogP contribution in [-0.2, 0) is 0 Å². The molecule has 2 aromatic rings. The number of nitrogen functional groups attached to an aromatic ring is 1. The van der Waals surface area contributed by atoms with Crippen LogP contribution in [0.1, 0.15) is 10.4 Å². The van der Waals surface area contributed by atoms with E-state index in [9.17, 15) is 4.79 Å². The summed E-state index contributed by atoms with van der Waals surface area (Å²) >= 11 is 5.79. The summed E-state index contributed by atoms with van der Waals surface area (Å²) < 4.78 is 0. The van der Waals surface area contributed by atoms with Crippen molar-refractivity contribution in [3.63, 3.8) is 0 Å². The van der Waals surface area contributed by atoms with Crippen LogP contribution < -0.4 is 11.1 Å². The highest BCUT2D eigenvalue weighted by molar-refractivity contribution is 6.33. The molecule has 7 heteroatoms. The maximum atomic E-state index is 11.8. The molecule has 0 radical (unpaired) electrons. The summed E-state index contributed by atoms with van der Waals surface area (Å²) in [6.45, 7) is 0. The number of carbonyl (C=O) groups excluding carboxylic acids is 1. The van der Waals surface area contributed by atoms with E-state index in [0.29, 0.717) is 11.5 Å². The van der Waals surface area contributed by atoms with Crippen molar-refractivity contribution >= 4 is 29.0 Å². The lowest BCUT2D eigenvalue weighted by molar-refractivity contribution is 0.102.